The summed E-state index contributed by atoms with van der Waals surface area (Å²) in [5.41, 5.74) is 2.87. The molecule has 0 aromatic heterocycles. The third-order valence-corrected chi connectivity index (χ3v) is 4.38. The molecule has 1 aliphatic heterocycles. The van der Waals surface area contributed by atoms with Gasteiger partial charge in [0.1, 0.15) is 5.75 Å². The summed E-state index contributed by atoms with van der Waals surface area (Å²) in [5, 5.41) is 0. The largest absolute Gasteiger partial charge is 0.494 e. The standard InChI is InChI=1S/C19H30O2/c1-7-16-18(21-16)11-13(3)15-12-14(19(4,5)6)9-10-17(15)20-8-2/h9-10,12-13,16,18H,7-8,11H2,1-6H3. The van der Waals surface area contributed by atoms with Crippen LogP contribution < -0.4 is 4.74 Å². The first-order valence-electron chi connectivity index (χ1n) is 8.29. The van der Waals surface area contributed by atoms with Crippen molar-refractivity contribution in [2.24, 2.45) is 0 Å². The summed E-state index contributed by atoms with van der Waals surface area (Å²) in [6.45, 7) is 14.0. The summed E-state index contributed by atoms with van der Waals surface area (Å²) in [5.74, 6) is 1.50. The van der Waals surface area contributed by atoms with E-state index in [2.05, 4.69) is 52.8 Å². The fourth-order valence-corrected chi connectivity index (χ4v) is 2.91. The van der Waals surface area contributed by atoms with E-state index in [1.807, 2.05) is 6.92 Å². The van der Waals surface area contributed by atoms with Gasteiger partial charge in [-0.05, 0) is 48.3 Å². The van der Waals surface area contributed by atoms with Crippen LogP contribution >= 0.6 is 0 Å². The highest BCUT2D eigenvalue weighted by molar-refractivity contribution is 5.42. The Kier molecular flexibility index (Phi) is 4.98. The van der Waals surface area contributed by atoms with Gasteiger partial charge in [0.05, 0.1) is 18.8 Å². The topological polar surface area (TPSA) is 21.8 Å². The van der Waals surface area contributed by atoms with Gasteiger partial charge in [0, 0.05) is 0 Å². The summed E-state index contributed by atoms with van der Waals surface area (Å²) >= 11 is 0. The SMILES string of the molecule is CCOc1ccc(C(C)(C)C)cc1C(C)CC1OC1CC. The molecule has 3 atom stereocenters. The third kappa shape index (κ3) is 4.00. The highest BCUT2D eigenvalue weighted by Gasteiger charge is 2.38. The van der Waals surface area contributed by atoms with Gasteiger partial charge in [-0.25, -0.2) is 0 Å². The maximum Gasteiger partial charge on any atom is 0.122 e. The Morgan fingerprint density at radius 2 is 1.90 bits per heavy atom. The Bertz CT molecular complexity index is 473. The van der Waals surface area contributed by atoms with E-state index < -0.39 is 0 Å². The molecular weight excluding hydrogens is 260 g/mol. The molecule has 1 aromatic rings. The predicted molar refractivity (Wildman–Crippen MR) is 88.3 cm³/mol. The lowest BCUT2D eigenvalue weighted by molar-refractivity contribution is 0.328. The maximum absolute atomic E-state index is 5.84. The van der Waals surface area contributed by atoms with Crippen molar-refractivity contribution in [3.8, 4) is 5.75 Å². The lowest BCUT2D eigenvalue weighted by Crippen LogP contribution is -2.13. The molecule has 1 aromatic carbocycles. The minimum Gasteiger partial charge on any atom is -0.494 e. The second-order valence-corrected chi connectivity index (χ2v) is 7.19. The van der Waals surface area contributed by atoms with Gasteiger partial charge in [-0.15, -0.1) is 0 Å². The molecule has 1 aliphatic rings. The van der Waals surface area contributed by atoms with Gasteiger partial charge in [0.2, 0.25) is 0 Å². The molecule has 0 saturated carbocycles. The lowest BCUT2D eigenvalue weighted by atomic mass is 9.83. The molecule has 0 radical (unpaired) electrons. The molecule has 2 rings (SSSR count). The molecule has 0 amide bonds. The highest BCUT2D eigenvalue weighted by atomic mass is 16.6. The zero-order valence-corrected chi connectivity index (χ0v) is 14.4. The summed E-state index contributed by atoms with van der Waals surface area (Å²) < 4.78 is 11.6. The van der Waals surface area contributed by atoms with E-state index in [1.165, 1.54) is 11.1 Å². The van der Waals surface area contributed by atoms with Crippen molar-refractivity contribution < 1.29 is 9.47 Å². The second-order valence-electron chi connectivity index (χ2n) is 7.19. The van der Waals surface area contributed by atoms with Gasteiger partial charge in [0.25, 0.3) is 0 Å². The third-order valence-electron chi connectivity index (χ3n) is 4.38. The molecule has 0 aliphatic carbocycles. The molecule has 118 valence electrons. The van der Waals surface area contributed by atoms with Gasteiger partial charge in [-0.2, -0.15) is 0 Å². The van der Waals surface area contributed by atoms with Crippen LogP contribution in [-0.4, -0.2) is 18.8 Å². The van der Waals surface area contributed by atoms with Gasteiger partial charge in [-0.1, -0.05) is 46.8 Å². The normalized spacial score (nSPS) is 23.0. The Balaban J connectivity index is 2.21. The molecule has 21 heavy (non-hydrogen) atoms. The molecule has 2 nitrogen and oxygen atoms in total. The van der Waals surface area contributed by atoms with Crippen molar-refractivity contribution in [3.63, 3.8) is 0 Å². The minimum atomic E-state index is 0.168. The molecule has 1 saturated heterocycles. The number of hydrogen-bond acceptors (Lipinski definition) is 2. The molecule has 0 spiro atoms. The average molecular weight is 290 g/mol. The van der Waals surface area contributed by atoms with Crippen LogP contribution in [0.2, 0.25) is 0 Å². The quantitative estimate of drug-likeness (QED) is 0.683. The monoisotopic (exact) mass is 290 g/mol. The van der Waals surface area contributed by atoms with E-state index >= 15 is 0 Å². The molecule has 2 heteroatoms. The van der Waals surface area contributed by atoms with Gasteiger partial charge in [-0.3, -0.25) is 0 Å². The van der Waals surface area contributed by atoms with E-state index in [9.17, 15) is 0 Å². The highest BCUT2D eigenvalue weighted by Crippen LogP contribution is 2.39. The lowest BCUT2D eigenvalue weighted by Gasteiger charge is -2.23. The fourth-order valence-electron chi connectivity index (χ4n) is 2.91. The number of ether oxygens (including phenoxy) is 2. The first-order valence-corrected chi connectivity index (χ1v) is 8.29. The zero-order chi connectivity index (χ0) is 15.6. The Morgan fingerprint density at radius 1 is 1.19 bits per heavy atom. The van der Waals surface area contributed by atoms with Crippen molar-refractivity contribution in [3.05, 3.63) is 29.3 Å². The summed E-state index contributed by atoms with van der Waals surface area (Å²) in [6.07, 6.45) is 3.13. The van der Waals surface area contributed by atoms with Crippen LogP contribution in [-0.2, 0) is 10.2 Å². The van der Waals surface area contributed by atoms with Crippen molar-refractivity contribution in [2.45, 2.75) is 77.9 Å². The molecule has 3 unspecified atom stereocenters. The average Bonchev–Trinajstić information content (AvgIpc) is 3.16. The predicted octanol–water partition coefficient (Wildman–Crippen LogP) is 5.05. The number of rotatable bonds is 6. The fraction of sp³-hybridized carbons (Fsp3) is 0.684. The van der Waals surface area contributed by atoms with E-state index in [-0.39, 0.29) is 5.41 Å². The summed E-state index contributed by atoms with van der Waals surface area (Å²) in [6, 6.07) is 6.67. The van der Waals surface area contributed by atoms with Crippen LogP contribution in [0.4, 0.5) is 0 Å². The smallest absolute Gasteiger partial charge is 0.122 e. The Morgan fingerprint density at radius 3 is 2.43 bits per heavy atom. The second kappa shape index (κ2) is 6.39. The van der Waals surface area contributed by atoms with E-state index in [0.29, 0.717) is 24.7 Å². The van der Waals surface area contributed by atoms with Crippen LogP contribution in [0.15, 0.2) is 18.2 Å². The molecule has 1 heterocycles. The minimum absolute atomic E-state index is 0.168. The molecule has 0 N–H and O–H groups in total. The Hall–Kier alpha value is -1.02. The van der Waals surface area contributed by atoms with Crippen molar-refractivity contribution in [1.82, 2.24) is 0 Å². The molecule has 1 fully saturated rings. The molecular formula is C19H30O2. The molecule has 0 bridgehead atoms. The van der Waals surface area contributed by atoms with Crippen LogP contribution in [0, 0.1) is 0 Å². The summed E-state index contributed by atoms with van der Waals surface area (Å²) in [7, 11) is 0. The van der Waals surface area contributed by atoms with Crippen molar-refractivity contribution >= 4 is 0 Å². The first-order chi connectivity index (χ1) is 9.86. The van der Waals surface area contributed by atoms with Crippen LogP contribution in [0.3, 0.4) is 0 Å². The number of epoxide rings is 1. The van der Waals surface area contributed by atoms with Crippen LogP contribution in [0.1, 0.15) is 71.4 Å². The van der Waals surface area contributed by atoms with Gasteiger partial charge < -0.3 is 9.47 Å². The number of hydrogen-bond donors (Lipinski definition) is 0. The maximum atomic E-state index is 5.84. The van der Waals surface area contributed by atoms with Gasteiger partial charge >= 0.3 is 0 Å². The van der Waals surface area contributed by atoms with Crippen molar-refractivity contribution in [1.29, 1.82) is 0 Å². The van der Waals surface area contributed by atoms with E-state index in [1.54, 1.807) is 0 Å². The van der Waals surface area contributed by atoms with Crippen molar-refractivity contribution in [2.75, 3.05) is 6.61 Å². The summed E-state index contributed by atoms with van der Waals surface area (Å²) in [4.78, 5) is 0. The number of benzene rings is 1. The van der Waals surface area contributed by atoms with Crippen LogP contribution in [0.5, 0.6) is 5.75 Å². The van der Waals surface area contributed by atoms with E-state index in [4.69, 9.17) is 9.47 Å². The van der Waals surface area contributed by atoms with Crippen LogP contribution in [0.25, 0.3) is 0 Å². The Labute approximate surface area is 129 Å². The van der Waals surface area contributed by atoms with E-state index in [0.717, 1.165) is 18.6 Å². The van der Waals surface area contributed by atoms with Gasteiger partial charge in [0.15, 0.2) is 0 Å². The zero-order valence-electron chi connectivity index (χ0n) is 14.4. The first kappa shape index (κ1) is 16.4.